The van der Waals surface area contributed by atoms with Crippen LogP contribution in [0.4, 0.5) is 0 Å². The summed E-state index contributed by atoms with van der Waals surface area (Å²) in [5.74, 6) is 2.30. The van der Waals surface area contributed by atoms with E-state index in [-0.39, 0.29) is 17.9 Å². The van der Waals surface area contributed by atoms with Crippen LogP contribution in [0.3, 0.4) is 0 Å². The van der Waals surface area contributed by atoms with Gasteiger partial charge in [-0.1, -0.05) is 6.42 Å². The second kappa shape index (κ2) is 6.16. The van der Waals surface area contributed by atoms with Crippen LogP contribution in [-0.4, -0.2) is 29.7 Å². The number of hydrogen-bond donors (Lipinski definition) is 3. The number of rotatable bonds is 5. The highest BCUT2D eigenvalue weighted by molar-refractivity contribution is 7.80. The lowest BCUT2D eigenvalue weighted by molar-refractivity contribution is -0.128. The number of carbonyl (C=O) groups excluding carboxylic acids is 2. The van der Waals surface area contributed by atoms with Gasteiger partial charge in [-0.2, -0.15) is 12.6 Å². The first-order valence-corrected chi connectivity index (χ1v) is 7.82. The van der Waals surface area contributed by atoms with Gasteiger partial charge in [0.05, 0.1) is 0 Å². The minimum atomic E-state index is -0.526. The average molecular weight is 284 g/mol. The molecule has 2 saturated carbocycles. The van der Waals surface area contributed by atoms with Crippen LogP contribution in [-0.2, 0) is 9.59 Å². The maximum absolute atomic E-state index is 12.1. The molecule has 0 saturated heterocycles. The van der Waals surface area contributed by atoms with Gasteiger partial charge in [0, 0.05) is 18.7 Å². The predicted molar refractivity (Wildman–Crippen MR) is 78.0 cm³/mol. The lowest BCUT2D eigenvalue weighted by Crippen LogP contribution is -2.51. The highest BCUT2D eigenvalue weighted by Crippen LogP contribution is 2.49. The van der Waals surface area contributed by atoms with Crippen molar-refractivity contribution < 1.29 is 9.59 Å². The van der Waals surface area contributed by atoms with E-state index in [2.05, 4.69) is 30.2 Å². The zero-order chi connectivity index (χ0) is 14.0. The lowest BCUT2D eigenvalue weighted by Gasteiger charge is -2.29. The molecule has 0 spiro atoms. The van der Waals surface area contributed by atoms with E-state index in [1.165, 1.54) is 32.6 Å². The van der Waals surface area contributed by atoms with E-state index in [0.29, 0.717) is 11.7 Å². The van der Waals surface area contributed by atoms with Crippen LogP contribution in [0.1, 0.15) is 39.5 Å². The van der Waals surface area contributed by atoms with Crippen LogP contribution in [0.5, 0.6) is 0 Å². The summed E-state index contributed by atoms with van der Waals surface area (Å²) >= 11 is 4.13. The normalized spacial score (nSPS) is 31.8. The van der Waals surface area contributed by atoms with Crippen molar-refractivity contribution in [2.45, 2.75) is 51.6 Å². The third kappa shape index (κ3) is 3.44. The molecular formula is C14H24N2O2S. The van der Waals surface area contributed by atoms with Crippen molar-refractivity contribution in [3.63, 3.8) is 0 Å². The molecule has 5 heteroatoms. The van der Waals surface area contributed by atoms with Gasteiger partial charge in [0.1, 0.15) is 6.04 Å². The summed E-state index contributed by atoms with van der Waals surface area (Å²) in [5, 5.41) is 5.69. The lowest BCUT2D eigenvalue weighted by atomic mass is 9.84. The molecule has 4 nitrogen and oxygen atoms in total. The van der Waals surface area contributed by atoms with Crippen molar-refractivity contribution in [3.05, 3.63) is 0 Å². The second-order valence-corrected chi connectivity index (χ2v) is 6.44. The molecule has 0 aromatic rings. The highest BCUT2D eigenvalue weighted by Gasteiger charge is 2.42. The summed E-state index contributed by atoms with van der Waals surface area (Å²) in [6.07, 6.45) is 5.27. The van der Waals surface area contributed by atoms with E-state index in [4.69, 9.17) is 0 Å². The fourth-order valence-corrected chi connectivity index (χ4v) is 4.03. The van der Waals surface area contributed by atoms with Gasteiger partial charge in [-0.15, -0.1) is 0 Å². The molecule has 2 aliphatic carbocycles. The van der Waals surface area contributed by atoms with E-state index < -0.39 is 6.04 Å². The molecule has 2 amide bonds. The number of hydrogen-bond acceptors (Lipinski definition) is 3. The van der Waals surface area contributed by atoms with Crippen LogP contribution in [0.2, 0.25) is 0 Å². The van der Waals surface area contributed by atoms with Crippen LogP contribution < -0.4 is 10.6 Å². The van der Waals surface area contributed by atoms with Gasteiger partial charge in [-0.3, -0.25) is 9.59 Å². The zero-order valence-corrected chi connectivity index (χ0v) is 12.6. The molecule has 0 heterocycles. The molecule has 5 atom stereocenters. The minimum absolute atomic E-state index is 0.111. The Bertz CT molecular complexity index is 361. The van der Waals surface area contributed by atoms with Crippen molar-refractivity contribution in [1.82, 2.24) is 10.6 Å². The first-order valence-electron chi connectivity index (χ1n) is 7.19. The van der Waals surface area contributed by atoms with Gasteiger partial charge < -0.3 is 10.6 Å². The van der Waals surface area contributed by atoms with Crippen LogP contribution in [0.25, 0.3) is 0 Å². The number of carbonyl (C=O) groups is 2. The van der Waals surface area contributed by atoms with Crippen molar-refractivity contribution in [3.8, 4) is 0 Å². The Balaban J connectivity index is 1.85. The predicted octanol–water partition coefficient (Wildman–Crippen LogP) is 1.36. The SMILES string of the molecule is CC(=O)NC(CS)C(=O)NC(C)C1CC2CCC1C2. The molecule has 0 aliphatic heterocycles. The molecular weight excluding hydrogens is 260 g/mol. The van der Waals surface area contributed by atoms with Crippen LogP contribution in [0, 0.1) is 17.8 Å². The van der Waals surface area contributed by atoms with Crippen LogP contribution >= 0.6 is 12.6 Å². The number of nitrogens with one attached hydrogen (secondary N) is 2. The topological polar surface area (TPSA) is 58.2 Å². The molecule has 0 aromatic heterocycles. The molecule has 0 radical (unpaired) electrons. The molecule has 2 bridgehead atoms. The summed E-state index contributed by atoms with van der Waals surface area (Å²) in [6.45, 7) is 3.51. The third-order valence-electron chi connectivity index (χ3n) is 4.68. The number of amides is 2. The Hall–Kier alpha value is -0.710. The minimum Gasteiger partial charge on any atom is -0.352 e. The van der Waals surface area contributed by atoms with Crippen molar-refractivity contribution in [2.24, 2.45) is 17.8 Å². The fourth-order valence-electron chi connectivity index (χ4n) is 3.78. The zero-order valence-electron chi connectivity index (χ0n) is 11.7. The molecule has 108 valence electrons. The Morgan fingerprint density at radius 1 is 1.26 bits per heavy atom. The van der Waals surface area contributed by atoms with Crippen LogP contribution in [0.15, 0.2) is 0 Å². The largest absolute Gasteiger partial charge is 0.352 e. The smallest absolute Gasteiger partial charge is 0.243 e. The molecule has 2 rings (SSSR count). The highest BCUT2D eigenvalue weighted by atomic mass is 32.1. The summed E-state index contributed by atoms with van der Waals surface area (Å²) < 4.78 is 0. The third-order valence-corrected chi connectivity index (χ3v) is 5.05. The Labute approximate surface area is 120 Å². The first kappa shape index (κ1) is 14.7. The first-order chi connectivity index (χ1) is 9.01. The molecule has 19 heavy (non-hydrogen) atoms. The maximum atomic E-state index is 12.1. The summed E-state index contributed by atoms with van der Waals surface area (Å²) in [4.78, 5) is 23.1. The molecule has 2 fully saturated rings. The second-order valence-electron chi connectivity index (χ2n) is 6.07. The van der Waals surface area contributed by atoms with Crippen molar-refractivity contribution >= 4 is 24.4 Å². The van der Waals surface area contributed by atoms with Gasteiger partial charge >= 0.3 is 0 Å². The average Bonchev–Trinajstić information content (AvgIpc) is 2.97. The Morgan fingerprint density at radius 2 is 2.00 bits per heavy atom. The summed E-state index contributed by atoms with van der Waals surface area (Å²) in [5.41, 5.74) is 0. The van der Waals surface area contributed by atoms with Gasteiger partial charge in [-0.25, -0.2) is 0 Å². The number of thiol groups is 1. The maximum Gasteiger partial charge on any atom is 0.243 e. The molecule has 0 aromatic carbocycles. The molecule has 2 N–H and O–H groups in total. The Morgan fingerprint density at radius 3 is 2.47 bits per heavy atom. The summed E-state index contributed by atoms with van der Waals surface area (Å²) in [7, 11) is 0. The molecule has 2 aliphatic rings. The summed E-state index contributed by atoms with van der Waals surface area (Å²) in [6, 6.07) is -0.333. The molecule has 5 unspecified atom stereocenters. The van der Waals surface area contributed by atoms with E-state index in [9.17, 15) is 9.59 Å². The number of fused-ring (bicyclic) bond motifs is 2. The van der Waals surface area contributed by atoms with Crippen molar-refractivity contribution in [2.75, 3.05) is 5.75 Å². The Kier molecular flexibility index (Phi) is 4.76. The standard InChI is InChI=1S/C14H24N2O2S/c1-8(12-6-10-3-4-11(12)5-10)15-14(18)13(7-19)16-9(2)17/h8,10-13,19H,3-7H2,1-2H3,(H,15,18)(H,16,17). The monoisotopic (exact) mass is 284 g/mol. The van der Waals surface area contributed by atoms with E-state index in [0.717, 1.165) is 11.8 Å². The van der Waals surface area contributed by atoms with Gasteiger partial charge in [-0.05, 0) is 43.9 Å². The van der Waals surface area contributed by atoms with E-state index in [1.54, 1.807) is 0 Å². The van der Waals surface area contributed by atoms with Crippen molar-refractivity contribution in [1.29, 1.82) is 0 Å². The van der Waals surface area contributed by atoms with Gasteiger partial charge in [0.15, 0.2) is 0 Å². The van der Waals surface area contributed by atoms with E-state index >= 15 is 0 Å². The fraction of sp³-hybridized carbons (Fsp3) is 0.857. The van der Waals surface area contributed by atoms with E-state index in [1.807, 2.05) is 0 Å². The van der Waals surface area contributed by atoms with Gasteiger partial charge in [0.2, 0.25) is 11.8 Å². The quantitative estimate of drug-likeness (QED) is 0.668. The van der Waals surface area contributed by atoms with Gasteiger partial charge in [0.25, 0.3) is 0 Å².